The lowest BCUT2D eigenvalue weighted by molar-refractivity contribution is -0.404. The van der Waals surface area contributed by atoms with E-state index in [2.05, 4.69) is 20.8 Å². The zero-order valence-electron chi connectivity index (χ0n) is 16.1. The highest BCUT2D eigenvalue weighted by atomic mass is 35.5. The Morgan fingerprint density at radius 1 is 1.31 bits per heavy atom. The molecule has 11 heteroatoms. The predicted molar refractivity (Wildman–Crippen MR) is 119 cm³/mol. The Kier molecular flexibility index (Phi) is 10.7. The van der Waals surface area contributed by atoms with Gasteiger partial charge in [0.1, 0.15) is 5.76 Å². The summed E-state index contributed by atoms with van der Waals surface area (Å²) in [5.41, 5.74) is 1.96. The molecule has 2 aromatic heterocycles. The predicted octanol–water partition coefficient (Wildman–Crippen LogP) is 3.50. The number of halogens is 1. The number of hydrogen-bond donors (Lipinski definition) is 2. The minimum Gasteiger partial charge on any atom is -0.366 e. The number of pyridine rings is 1. The Morgan fingerprint density at radius 3 is 2.72 bits per heavy atom. The molecule has 0 fully saturated rings. The number of nitro groups is 1. The molecule has 0 aromatic carbocycles. The summed E-state index contributed by atoms with van der Waals surface area (Å²) in [6.45, 7) is 3.14. The lowest BCUT2D eigenvalue weighted by atomic mass is 10.2. The molecule has 0 radical (unpaired) electrons. The van der Waals surface area contributed by atoms with Gasteiger partial charge in [0.15, 0.2) is 5.82 Å². The standard InChI is InChI=1S/C18H24ClN5O3S2/c1-14-15(11-23-27-14)4-8-28-9-6-21-18(12-24(25)26)22-7-10-29-13-17-16(19)3-2-5-20-17/h2-3,5,11-12,21-22H,4,6-10,13H2,1H3/b18-12+. The quantitative estimate of drug-likeness (QED) is 0.250. The zero-order valence-corrected chi connectivity index (χ0v) is 18.5. The third-order valence-corrected chi connectivity index (χ3v) is 6.10. The van der Waals surface area contributed by atoms with E-state index in [0.29, 0.717) is 29.7 Å². The minimum absolute atomic E-state index is 0.418. The third-order valence-electron chi connectivity index (χ3n) is 3.80. The second-order valence-corrected chi connectivity index (χ2v) is 8.67. The second-order valence-electron chi connectivity index (χ2n) is 5.94. The molecule has 0 aliphatic carbocycles. The number of nitrogens with zero attached hydrogens (tertiary/aromatic N) is 3. The highest BCUT2D eigenvalue weighted by molar-refractivity contribution is 7.99. The maximum absolute atomic E-state index is 10.8. The molecule has 0 unspecified atom stereocenters. The summed E-state index contributed by atoms with van der Waals surface area (Å²) >= 11 is 9.52. The van der Waals surface area contributed by atoms with Gasteiger partial charge in [0.25, 0.3) is 6.20 Å². The van der Waals surface area contributed by atoms with Crippen molar-refractivity contribution in [2.75, 3.05) is 30.3 Å². The van der Waals surface area contributed by atoms with E-state index < -0.39 is 4.92 Å². The van der Waals surface area contributed by atoms with Gasteiger partial charge in [0.05, 0.1) is 21.8 Å². The van der Waals surface area contributed by atoms with Crippen LogP contribution >= 0.6 is 35.1 Å². The normalized spacial score (nSPS) is 11.4. The molecular weight excluding hydrogens is 434 g/mol. The topological polar surface area (TPSA) is 106 Å². The van der Waals surface area contributed by atoms with Gasteiger partial charge in [-0.3, -0.25) is 15.1 Å². The third kappa shape index (κ3) is 9.42. The lowest BCUT2D eigenvalue weighted by Gasteiger charge is -2.11. The molecule has 2 heterocycles. The molecule has 0 saturated heterocycles. The fourth-order valence-corrected chi connectivity index (χ4v) is 4.21. The van der Waals surface area contributed by atoms with Gasteiger partial charge in [-0.1, -0.05) is 16.8 Å². The number of aryl methyl sites for hydroxylation is 2. The van der Waals surface area contributed by atoms with Gasteiger partial charge in [-0.15, -0.1) is 0 Å². The number of rotatable bonds is 14. The fraction of sp³-hybridized carbons (Fsp3) is 0.444. The lowest BCUT2D eigenvalue weighted by Crippen LogP contribution is -2.30. The maximum Gasteiger partial charge on any atom is 0.274 e. The summed E-state index contributed by atoms with van der Waals surface area (Å²) in [6.07, 6.45) is 5.32. The molecule has 2 rings (SSSR count). The second kappa shape index (κ2) is 13.3. The summed E-state index contributed by atoms with van der Waals surface area (Å²) in [5.74, 6) is 4.53. The first kappa shape index (κ1) is 23.4. The Balaban J connectivity index is 1.60. The molecule has 29 heavy (non-hydrogen) atoms. The van der Waals surface area contributed by atoms with Gasteiger partial charge in [0.2, 0.25) is 0 Å². The molecule has 0 spiro atoms. The van der Waals surface area contributed by atoms with E-state index >= 15 is 0 Å². The van der Waals surface area contributed by atoms with Crippen molar-refractivity contribution in [2.45, 2.75) is 19.1 Å². The van der Waals surface area contributed by atoms with Crippen molar-refractivity contribution < 1.29 is 9.45 Å². The van der Waals surface area contributed by atoms with Gasteiger partial charge >= 0.3 is 0 Å². The maximum atomic E-state index is 10.8. The van der Waals surface area contributed by atoms with Crippen molar-refractivity contribution in [3.8, 4) is 0 Å². The summed E-state index contributed by atoms with van der Waals surface area (Å²) < 4.78 is 5.03. The highest BCUT2D eigenvalue weighted by Crippen LogP contribution is 2.18. The molecule has 0 aliphatic heterocycles. The molecule has 2 aromatic rings. The van der Waals surface area contributed by atoms with Crippen molar-refractivity contribution >= 4 is 35.1 Å². The molecule has 0 bridgehead atoms. The summed E-state index contributed by atoms with van der Waals surface area (Å²) in [5, 5.41) is 21.4. The van der Waals surface area contributed by atoms with Crippen LogP contribution < -0.4 is 10.6 Å². The molecule has 8 nitrogen and oxygen atoms in total. The first-order chi connectivity index (χ1) is 14.1. The van der Waals surface area contributed by atoms with Crippen molar-refractivity contribution in [3.63, 3.8) is 0 Å². The van der Waals surface area contributed by atoms with Gasteiger partial charge in [0, 0.05) is 42.1 Å². The number of hydrogen-bond acceptors (Lipinski definition) is 9. The van der Waals surface area contributed by atoms with Gasteiger partial charge in [-0.05, 0) is 31.2 Å². The Bertz CT molecular complexity index is 803. The number of nitrogens with one attached hydrogen (secondary N) is 2. The number of thioether (sulfide) groups is 2. The molecule has 0 aliphatic rings. The van der Waals surface area contributed by atoms with Crippen molar-refractivity contribution in [1.82, 2.24) is 20.8 Å². The Morgan fingerprint density at radius 2 is 2.07 bits per heavy atom. The fourth-order valence-electron chi connectivity index (χ4n) is 2.31. The monoisotopic (exact) mass is 457 g/mol. The van der Waals surface area contributed by atoms with Crippen LogP contribution in [0.25, 0.3) is 0 Å². The molecule has 158 valence electrons. The molecule has 0 amide bonds. The van der Waals surface area contributed by atoms with Crippen LogP contribution in [0.5, 0.6) is 0 Å². The molecular formula is C18H24ClN5O3S2. The van der Waals surface area contributed by atoms with Crippen LogP contribution in [-0.2, 0) is 12.2 Å². The average Bonchev–Trinajstić information content (AvgIpc) is 3.09. The molecule has 0 atom stereocenters. The van der Waals surface area contributed by atoms with Crippen LogP contribution in [0.15, 0.2) is 41.1 Å². The van der Waals surface area contributed by atoms with E-state index in [1.165, 1.54) is 0 Å². The Labute approximate surface area is 183 Å². The molecule has 0 saturated carbocycles. The van der Waals surface area contributed by atoms with Gasteiger partial charge < -0.3 is 15.2 Å². The summed E-state index contributed by atoms with van der Waals surface area (Å²) in [7, 11) is 0. The van der Waals surface area contributed by atoms with Crippen LogP contribution in [0, 0.1) is 17.0 Å². The van der Waals surface area contributed by atoms with Crippen molar-refractivity contribution in [1.29, 1.82) is 0 Å². The minimum atomic E-state index is -0.460. The van der Waals surface area contributed by atoms with E-state index in [0.717, 1.165) is 46.9 Å². The number of aromatic nitrogens is 2. The van der Waals surface area contributed by atoms with Crippen LogP contribution in [0.1, 0.15) is 17.0 Å². The zero-order chi connectivity index (χ0) is 20.9. The van der Waals surface area contributed by atoms with Crippen molar-refractivity contribution in [3.05, 3.63) is 68.7 Å². The van der Waals surface area contributed by atoms with E-state index in [4.69, 9.17) is 16.1 Å². The van der Waals surface area contributed by atoms with Crippen molar-refractivity contribution in [2.24, 2.45) is 0 Å². The Hall–Kier alpha value is -1.91. The molecule has 2 N–H and O–H groups in total. The van der Waals surface area contributed by atoms with Gasteiger partial charge in [-0.2, -0.15) is 23.5 Å². The smallest absolute Gasteiger partial charge is 0.274 e. The largest absolute Gasteiger partial charge is 0.366 e. The van der Waals surface area contributed by atoms with E-state index in [1.54, 1.807) is 42.0 Å². The average molecular weight is 458 g/mol. The SMILES string of the molecule is Cc1oncc1CCSCCN/C(=C\[N+](=O)[O-])NCCSCc1ncccc1Cl. The van der Waals surface area contributed by atoms with E-state index in [-0.39, 0.29) is 0 Å². The van der Waals surface area contributed by atoms with Crippen LogP contribution in [-0.4, -0.2) is 45.4 Å². The van der Waals surface area contributed by atoms with Gasteiger partial charge in [-0.25, -0.2) is 0 Å². The van der Waals surface area contributed by atoms with Crippen LogP contribution in [0.3, 0.4) is 0 Å². The highest BCUT2D eigenvalue weighted by Gasteiger charge is 2.05. The first-order valence-corrected chi connectivity index (χ1v) is 11.7. The summed E-state index contributed by atoms with van der Waals surface area (Å²) in [4.78, 5) is 14.6. The van der Waals surface area contributed by atoms with Crippen LogP contribution in [0.4, 0.5) is 0 Å². The van der Waals surface area contributed by atoms with E-state index in [1.807, 2.05) is 13.0 Å². The van der Waals surface area contributed by atoms with E-state index in [9.17, 15) is 10.1 Å². The van der Waals surface area contributed by atoms with Crippen LogP contribution in [0.2, 0.25) is 5.02 Å². The summed E-state index contributed by atoms with van der Waals surface area (Å²) in [6, 6.07) is 3.61. The first-order valence-electron chi connectivity index (χ1n) is 9.04.